The highest BCUT2D eigenvalue weighted by atomic mass is 35.5. The molecule has 11 heteroatoms. The molecule has 0 aliphatic carbocycles. The quantitative estimate of drug-likeness (QED) is 0.443. The van der Waals surface area contributed by atoms with Gasteiger partial charge in [-0.3, -0.25) is 0 Å². The molecule has 1 fully saturated rings. The molecule has 1 saturated heterocycles. The number of ether oxygens (including phenoxy) is 2. The Balaban J connectivity index is 1.39. The lowest BCUT2D eigenvalue weighted by Gasteiger charge is -2.28. The number of sulfonamides is 1. The van der Waals surface area contributed by atoms with Gasteiger partial charge < -0.3 is 19.4 Å². The molecule has 3 N–H and O–H groups in total. The second-order valence-electron chi connectivity index (χ2n) is 7.50. The number of halogens is 1. The third kappa shape index (κ3) is 4.64. The maximum absolute atomic E-state index is 11.4. The van der Waals surface area contributed by atoms with E-state index in [4.69, 9.17) is 26.2 Å². The van der Waals surface area contributed by atoms with Gasteiger partial charge in [-0.05, 0) is 42.5 Å². The Hall–Kier alpha value is -3.18. The van der Waals surface area contributed by atoms with Gasteiger partial charge in [0, 0.05) is 24.3 Å². The molecule has 33 heavy (non-hydrogen) atoms. The lowest BCUT2D eigenvalue weighted by atomic mass is 10.1. The van der Waals surface area contributed by atoms with Gasteiger partial charge in [-0.15, -0.1) is 0 Å². The lowest BCUT2D eigenvalue weighted by Crippen LogP contribution is -2.36. The Kier molecular flexibility index (Phi) is 5.67. The zero-order valence-corrected chi connectivity index (χ0v) is 18.9. The molecule has 0 bridgehead atoms. The Labute approximate surface area is 195 Å². The molecule has 9 nitrogen and oxygen atoms in total. The minimum atomic E-state index is -3.77. The number of fused-ring (bicyclic) bond motifs is 1. The number of nitrogens with one attached hydrogen (secondary N) is 1. The molecule has 0 unspecified atom stereocenters. The van der Waals surface area contributed by atoms with Gasteiger partial charge in [-0.25, -0.2) is 18.5 Å². The third-order valence-electron chi connectivity index (χ3n) is 5.29. The average molecular weight is 486 g/mol. The van der Waals surface area contributed by atoms with Crippen LogP contribution in [0.25, 0.3) is 22.4 Å². The number of imidazole rings is 1. The first-order valence-electron chi connectivity index (χ1n) is 10.2. The number of morpholine rings is 1. The Bertz CT molecular complexity index is 1400. The summed E-state index contributed by atoms with van der Waals surface area (Å²) in [4.78, 5) is 14.3. The van der Waals surface area contributed by atoms with Crippen LogP contribution in [0.3, 0.4) is 0 Å². The highest BCUT2D eigenvalue weighted by Gasteiger charge is 2.15. The van der Waals surface area contributed by atoms with Crippen molar-refractivity contribution >= 4 is 38.5 Å². The van der Waals surface area contributed by atoms with Crippen molar-refractivity contribution in [1.82, 2.24) is 15.0 Å². The van der Waals surface area contributed by atoms with E-state index in [1.54, 1.807) is 6.07 Å². The van der Waals surface area contributed by atoms with Crippen LogP contribution >= 0.6 is 11.6 Å². The fourth-order valence-corrected chi connectivity index (χ4v) is 4.38. The summed E-state index contributed by atoms with van der Waals surface area (Å²) in [6, 6.07) is 15.7. The van der Waals surface area contributed by atoms with Gasteiger partial charge >= 0.3 is 6.01 Å². The second kappa shape index (κ2) is 8.64. The number of aromatic nitrogens is 3. The van der Waals surface area contributed by atoms with Crippen molar-refractivity contribution < 1.29 is 17.9 Å². The van der Waals surface area contributed by atoms with Crippen molar-refractivity contribution in [1.29, 1.82) is 0 Å². The topological polar surface area (TPSA) is 123 Å². The maximum Gasteiger partial charge on any atom is 0.301 e. The third-order valence-corrected chi connectivity index (χ3v) is 6.51. The summed E-state index contributed by atoms with van der Waals surface area (Å²) >= 11 is 6.51. The molecule has 5 rings (SSSR count). The van der Waals surface area contributed by atoms with Crippen molar-refractivity contribution in [2.45, 2.75) is 4.90 Å². The Morgan fingerprint density at radius 2 is 1.73 bits per heavy atom. The molecular formula is C22H20ClN5O4S. The molecule has 2 aromatic heterocycles. The molecule has 1 aliphatic rings. The van der Waals surface area contributed by atoms with Gasteiger partial charge in [-0.2, -0.15) is 4.98 Å². The number of pyridine rings is 1. The van der Waals surface area contributed by atoms with E-state index in [-0.39, 0.29) is 10.9 Å². The number of rotatable bonds is 5. The molecule has 4 aromatic rings. The van der Waals surface area contributed by atoms with Gasteiger partial charge in [0.2, 0.25) is 10.0 Å². The van der Waals surface area contributed by atoms with Crippen molar-refractivity contribution in [3.8, 4) is 23.0 Å². The first-order valence-corrected chi connectivity index (χ1v) is 12.1. The van der Waals surface area contributed by atoms with Gasteiger partial charge in [-0.1, -0.05) is 23.7 Å². The van der Waals surface area contributed by atoms with Crippen LogP contribution in [-0.2, 0) is 14.8 Å². The maximum atomic E-state index is 11.4. The van der Waals surface area contributed by atoms with E-state index in [0.29, 0.717) is 27.6 Å². The summed E-state index contributed by atoms with van der Waals surface area (Å²) in [5.74, 6) is 0.395. The lowest BCUT2D eigenvalue weighted by molar-refractivity contribution is 0.122. The number of aromatic amines is 1. The van der Waals surface area contributed by atoms with E-state index in [1.165, 1.54) is 24.3 Å². The molecule has 2 aromatic carbocycles. The predicted molar refractivity (Wildman–Crippen MR) is 125 cm³/mol. The number of nitrogens with zero attached hydrogens (tertiary/aromatic N) is 3. The number of hydrogen-bond donors (Lipinski definition) is 2. The summed E-state index contributed by atoms with van der Waals surface area (Å²) in [6.45, 7) is 3.19. The number of nitrogens with two attached hydrogens (primary N) is 1. The van der Waals surface area contributed by atoms with E-state index in [0.717, 1.165) is 37.6 Å². The highest BCUT2D eigenvalue weighted by molar-refractivity contribution is 7.89. The van der Waals surface area contributed by atoms with Gasteiger partial charge in [0.15, 0.2) is 5.65 Å². The predicted octanol–water partition coefficient (Wildman–Crippen LogP) is 3.55. The summed E-state index contributed by atoms with van der Waals surface area (Å²) in [6.07, 6.45) is 0. The molecular weight excluding hydrogens is 466 g/mol. The SMILES string of the molecule is NS(=O)(=O)c1ccc(Oc2nc3nc(-c4ccc(N5CCOCC5)cc4)c(Cl)cc3[nH]2)cc1. The van der Waals surface area contributed by atoms with E-state index >= 15 is 0 Å². The monoisotopic (exact) mass is 485 g/mol. The molecule has 0 spiro atoms. The highest BCUT2D eigenvalue weighted by Crippen LogP contribution is 2.31. The molecule has 1 aliphatic heterocycles. The molecule has 0 atom stereocenters. The molecule has 0 radical (unpaired) electrons. The van der Waals surface area contributed by atoms with E-state index in [2.05, 4.69) is 19.9 Å². The zero-order valence-electron chi connectivity index (χ0n) is 17.4. The van der Waals surface area contributed by atoms with Crippen LogP contribution in [-0.4, -0.2) is 49.7 Å². The number of hydrogen-bond acceptors (Lipinski definition) is 7. The molecule has 3 heterocycles. The fraction of sp³-hybridized carbons (Fsp3) is 0.182. The van der Waals surface area contributed by atoms with Crippen LogP contribution in [0.1, 0.15) is 0 Å². The van der Waals surface area contributed by atoms with E-state index in [9.17, 15) is 8.42 Å². The normalized spacial score (nSPS) is 14.5. The van der Waals surface area contributed by atoms with Crippen LogP contribution in [0.2, 0.25) is 5.02 Å². The van der Waals surface area contributed by atoms with Crippen LogP contribution in [0.15, 0.2) is 59.5 Å². The van der Waals surface area contributed by atoms with Crippen molar-refractivity contribution in [2.24, 2.45) is 5.14 Å². The number of primary sulfonamides is 1. The van der Waals surface area contributed by atoms with Crippen molar-refractivity contribution in [2.75, 3.05) is 31.2 Å². The minimum absolute atomic E-state index is 0.00261. The van der Waals surface area contributed by atoms with Crippen molar-refractivity contribution in [3.05, 3.63) is 59.6 Å². The van der Waals surface area contributed by atoms with Gasteiger partial charge in [0.1, 0.15) is 5.75 Å². The fourth-order valence-electron chi connectivity index (χ4n) is 3.61. The van der Waals surface area contributed by atoms with Gasteiger partial charge in [0.05, 0.1) is 34.3 Å². The first-order chi connectivity index (χ1) is 15.9. The molecule has 0 saturated carbocycles. The first kappa shape index (κ1) is 21.7. The summed E-state index contributed by atoms with van der Waals surface area (Å²) in [7, 11) is -3.77. The minimum Gasteiger partial charge on any atom is -0.426 e. The second-order valence-corrected chi connectivity index (χ2v) is 9.47. The van der Waals surface area contributed by atoms with E-state index < -0.39 is 10.0 Å². The Morgan fingerprint density at radius 1 is 1.03 bits per heavy atom. The zero-order chi connectivity index (χ0) is 23.0. The summed E-state index contributed by atoms with van der Waals surface area (Å²) in [5.41, 5.74) is 3.69. The van der Waals surface area contributed by atoms with E-state index in [1.807, 2.05) is 24.3 Å². The van der Waals surface area contributed by atoms with Crippen LogP contribution in [0.5, 0.6) is 11.8 Å². The molecule has 0 amide bonds. The Morgan fingerprint density at radius 3 is 2.39 bits per heavy atom. The smallest absolute Gasteiger partial charge is 0.301 e. The van der Waals surface area contributed by atoms with Gasteiger partial charge in [0.25, 0.3) is 0 Å². The summed E-state index contributed by atoms with van der Waals surface area (Å²) < 4.78 is 33.9. The van der Waals surface area contributed by atoms with Crippen LogP contribution < -0.4 is 14.8 Å². The van der Waals surface area contributed by atoms with Crippen molar-refractivity contribution in [3.63, 3.8) is 0 Å². The number of benzene rings is 2. The summed E-state index contributed by atoms with van der Waals surface area (Å²) in [5, 5.41) is 5.60. The van der Waals surface area contributed by atoms with Crippen LogP contribution in [0, 0.1) is 0 Å². The average Bonchev–Trinajstić information content (AvgIpc) is 3.20. The molecule has 170 valence electrons. The van der Waals surface area contributed by atoms with Crippen LogP contribution in [0.4, 0.5) is 5.69 Å². The number of H-pyrrole nitrogens is 1. The standard InChI is InChI=1S/C22H20ClN5O4S/c23-18-13-19-21(27-22(25-19)32-16-5-7-17(8-6-16)33(24,29)30)26-20(18)14-1-3-15(4-2-14)28-9-11-31-12-10-28/h1-8,13H,9-12H2,(H2,24,29,30)(H,25,26,27). The number of anilines is 1. The largest absolute Gasteiger partial charge is 0.426 e.